The first-order chi connectivity index (χ1) is 9.63. The number of nitrogens with zero attached hydrogens (tertiary/aromatic N) is 4. The molecule has 1 saturated carbocycles. The van der Waals surface area contributed by atoms with Gasteiger partial charge in [-0.25, -0.2) is 4.68 Å². The van der Waals surface area contributed by atoms with Gasteiger partial charge in [-0.15, -0.1) is 5.10 Å². The molecule has 0 radical (unpaired) electrons. The van der Waals surface area contributed by atoms with Crippen LogP contribution in [0, 0.1) is 10.1 Å². The van der Waals surface area contributed by atoms with Gasteiger partial charge in [-0.2, -0.15) is 0 Å². The highest BCUT2D eigenvalue weighted by atomic mass is 35.5. The van der Waals surface area contributed by atoms with Crippen molar-refractivity contribution >= 4 is 17.3 Å². The summed E-state index contributed by atoms with van der Waals surface area (Å²) in [6.07, 6.45) is 4.12. The summed E-state index contributed by atoms with van der Waals surface area (Å²) in [6, 6.07) is 4.81. The van der Waals surface area contributed by atoms with Crippen LogP contribution in [-0.4, -0.2) is 26.0 Å². The molecule has 0 spiro atoms. The van der Waals surface area contributed by atoms with Gasteiger partial charge >= 0.3 is 0 Å². The van der Waals surface area contributed by atoms with Crippen LogP contribution in [0.3, 0.4) is 0 Å². The predicted molar refractivity (Wildman–Crippen MR) is 72.9 cm³/mol. The van der Waals surface area contributed by atoms with Crippen molar-refractivity contribution in [1.82, 2.24) is 20.3 Å². The van der Waals surface area contributed by atoms with Crippen molar-refractivity contribution in [3.63, 3.8) is 0 Å². The van der Waals surface area contributed by atoms with Gasteiger partial charge in [0.2, 0.25) is 0 Å². The van der Waals surface area contributed by atoms with E-state index in [1.54, 1.807) is 6.20 Å². The Balaban J connectivity index is 1.83. The molecule has 2 aromatic rings. The molecule has 0 atom stereocenters. The summed E-state index contributed by atoms with van der Waals surface area (Å²) in [7, 11) is 0. The quantitative estimate of drug-likeness (QED) is 0.674. The normalized spacial score (nSPS) is 14.4. The molecule has 0 amide bonds. The molecule has 1 aromatic heterocycles. The molecule has 20 heavy (non-hydrogen) atoms. The Morgan fingerprint density at radius 3 is 3.00 bits per heavy atom. The third-order valence-electron chi connectivity index (χ3n) is 3.08. The third-order valence-corrected chi connectivity index (χ3v) is 3.40. The van der Waals surface area contributed by atoms with Gasteiger partial charge in [0.25, 0.3) is 5.69 Å². The van der Waals surface area contributed by atoms with Crippen molar-refractivity contribution in [3.05, 3.63) is 45.2 Å². The maximum Gasteiger partial charge on any atom is 0.271 e. The Morgan fingerprint density at radius 1 is 1.50 bits per heavy atom. The van der Waals surface area contributed by atoms with E-state index in [1.807, 2.05) is 0 Å². The molecule has 1 aromatic carbocycles. The highest BCUT2D eigenvalue weighted by molar-refractivity contribution is 6.32. The topological polar surface area (TPSA) is 85.9 Å². The van der Waals surface area contributed by atoms with Crippen LogP contribution in [0.4, 0.5) is 5.69 Å². The molecule has 1 aliphatic carbocycles. The van der Waals surface area contributed by atoms with E-state index in [0.29, 0.717) is 23.3 Å². The van der Waals surface area contributed by atoms with Crippen LogP contribution in [0.2, 0.25) is 5.02 Å². The fourth-order valence-electron chi connectivity index (χ4n) is 1.82. The molecule has 1 fully saturated rings. The number of hydrogen-bond donors (Lipinski definition) is 1. The molecule has 1 aliphatic rings. The van der Waals surface area contributed by atoms with E-state index >= 15 is 0 Å². The molecule has 0 saturated heterocycles. The monoisotopic (exact) mass is 293 g/mol. The van der Waals surface area contributed by atoms with Crippen LogP contribution in [0.15, 0.2) is 24.4 Å². The molecule has 1 N–H and O–H groups in total. The Kier molecular flexibility index (Phi) is 3.37. The maximum absolute atomic E-state index is 10.8. The van der Waals surface area contributed by atoms with Crippen molar-refractivity contribution in [2.45, 2.75) is 25.4 Å². The largest absolute Gasteiger partial charge is 0.308 e. The van der Waals surface area contributed by atoms with Crippen LogP contribution in [0.1, 0.15) is 18.5 Å². The van der Waals surface area contributed by atoms with Crippen LogP contribution in [-0.2, 0) is 6.54 Å². The number of nitro benzene ring substituents is 1. The number of nitrogens with one attached hydrogen (secondary N) is 1. The lowest BCUT2D eigenvalue weighted by Crippen LogP contribution is -2.15. The minimum absolute atomic E-state index is 0.0300. The van der Waals surface area contributed by atoms with Crippen LogP contribution in [0.5, 0.6) is 0 Å². The van der Waals surface area contributed by atoms with Gasteiger partial charge in [-0.3, -0.25) is 10.1 Å². The highest BCUT2D eigenvalue weighted by Gasteiger charge is 2.20. The van der Waals surface area contributed by atoms with E-state index in [2.05, 4.69) is 15.6 Å². The molecule has 7 nitrogen and oxygen atoms in total. The first kappa shape index (κ1) is 13.0. The number of benzene rings is 1. The maximum atomic E-state index is 10.8. The first-order valence-corrected chi connectivity index (χ1v) is 6.60. The van der Waals surface area contributed by atoms with Crippen molar-refractivity contribution in [1.29, 1.82) is 0 Å². The molecular formula is C12H12ClN5O2. The van der Waals surface area contributed by atoms with Crippen molar-refractivity contribution in [2.75, 3.05) is 0 Å². The highest BCUT2D eigenvalue weighted by Crippen LogP contribution is 2.25. The lowest BCUT2D eigenvalue weighted by atomic mass is 10.3. The van der Waals surface area contributed by atoms with Gasteiger partial charge < -0.3 is 5.32 Å². The lowest BCUT2D eigenvalue weighted by molar-refractivity contribution is -0.384. The zero-order valence-electron chi connectivity index (χ0n) is 10.5. The molecule has 0 unspecified atom stereocenters. The van der Waals surface area contributed by atoms with Gasteiger partial charge in [0.15, 0.2) is 0 Å². The summed E-state index contributed by atoms with van der Waals surface area (Å²) in [5.41, 5.74) is 1.20. The van der Waals surface area contributed by atoms with Crippen molar-refractivity contribution in [2.24, 2.45) is 0 Å². The molecule has 8 heteroatoms. The fourth-order valence-corrected chi connectivity index (χ4v) is 2.03. The number of non-ortho nitro benzene ring substituents is 1. The van der Waals surface area contributed by atoms with E-state index in [-0.39, 0.29) is 5.69 Å². The summed E-state index contributed by atoms with van der Waals surface area (Å²) >= 11 is 6.06. The summed E-state index contributed by atoms with van der Waals surface area (Å²) < 4.78 is 1.46. The molecule has 1 heterocycles. The number of aromatic nitrogens is 3. The summed E-state index contributed by atoms with van der Waals surface area (Å²) in [6.45, 7) is 0.636. The second kappa shape index (κ2) is 5.18. The van der Waals surface area contributed by atoms with Gasteiger partial charge in [-0.1, -0.05) is 16.8 Å². The summed E-state index contributed by atoms with van der Waals surface area (Å²) in [5.74, 6) is 0. The molecule has 3 rings (SSSR count). The Morgan fingerprint density at radius 2 is 2.30 bits per heavy atom. The van der Waals surface area contributed by atoms with E-state index in [0.717, 1.165) is 5.69 Å². The molecule has 0 aliphatic heterocycles. The minimum Gasteiger partial charge on any atom is -0.308 e. The lowest BCUT2D eigenvalue weighted by Gasteiger charge is -2.02. The van der Waals surface area contributed by atoms with Crippen molar-refractivity contribution in [3.8, 4) is 5.69 Å². The Bertz CT molecular complexity index is 653. The van der Waals surface area contributed by atoms with Crippen molar-refractivity contribution < 1.29 is 4.92 Å². The number of rotatable bonds is 5. The van der Waals surface area contributed by atoms with Gasteiger partial charge in [0, 0.05) is 24.7 Å². The molecular weight excluding hydrogens is 282 g/mol. The Labute approximate surface area is 119 Å². The predicted octanol–water partition coefficient (Wildman–Crippen LogP) is 2.08. The van der Waals surface area contributed by atoms with E-state index in [9.17, 15) is 10.1 Å². The second-order valence-corrected chi connectivity index (χ2v) is 5.11. The van der Waals surface area contributed by atoms with E-state index in [1.165, 1.54) is 35.7 Å². The van der Waals surface area contributed by atoms with Crippen LogP contribution < -0.4 is 5.32 Å². The summed E-state index contributed by atoms with van der Waals surface area (Å²) in [5, 5.41) is 22.5. The molecule has 104 valence electrons. The zero-order valence-corrected chi connectivity index (χ0v) is 11.2. The standard InChI is InChI=1S/C12H12ClN5O2/c13-11-4-3-10(18(19)20)5-12(11)17-7-9(15-16-17)6-14-8-1-2-8/h3-5,7-8,14H,1-2,6H2. The smallest absolute Gasteiger partial charge is 0.271 e. The van der Waals surface area contributed by atoms with Gasteiger partial charge in [-0.05, 0) is 18.9 Å². The van der Waals surface area contributed by atoms with E-state index < -0.39 is 4.92 Å². The number of nitro groups is 1. The Hall–Kier alpha value is -1.99. The van der Waals surface area contributed by atoms with Gasteiger partial charge in [0.1, 0.15) is 0 Å². The zero-order chi connectivity index (χ0) is 14.1. The van der Waals surface area contributed by atoms with Gasteiger partial charge in [0.05, 0.1) is 27.5 Å². The summed E-state index contributed by atoms with van der Waals surface area (Å²) in [4.78, 5) is 10.3. The van der Waals surface area contributed by atoms with Crippen LogP contribution in [0.25, 0.3) is 5.69 Å². The number of hydrogen-bond acceptors (Lipinski definition) is 5. The first-order valence-electron chi connectivity index (χ1n) is 6.22. The van der Waals surface area contributed by atoms with Crippen LogP contribution >= 0.6 is 11.6 Å². The third kappa shape index (κ3) is 2.78. The van der Waals surface area contributed by atoms with E-state index in [4.69, 9.17) is 11.6 Å². The molecule has 0 bridgehead atoms. The number of halogens is 1. The SMILES string of the molecule is O=[N+]([O-])c1ccc(Cl)c(-n2cc(CNC3CC3)nn2)c1. The minimum atomic E-state index is -0.466. The second-order valence-electron chi connectivity index (χ2n) is 4.70. The fraction of sp³-hybridized carbons (Fsp3) is 0.333. The average molecular weight is 294 g/mol. The average Bonchev–Trinajstić information content (AvgIpc) is 3.14.